The van der Waals surface area contributed by atoms with Crippen molar-refractivity contribution in [2.24, 2.45) is 0 Å². The van der Waals surface area contributed by atoms with Crippen LogP contribution in [-0.2, 0) is 4.79 Å². The molecule has 0 bridgehead atoms. The summed E-state index contributed by atoms with van der Waals surface area (Å²) < 4.78 is 0. The van der Waals surface area contributed by atoms with Crippen LogP contribution in [0.5, 0.6) is 0 Å². The molecule has 140 valence electrons. The van der Waals surface area contributed by atoms with Crippen molar-refractivity contribution in [3.63, 3.8) is 0 Å². The van der Waals surface area contributed by atoms with Crippen LogP contribution in [0.2, 0.25) is 0 Å². The number of carbonyl (C=O) groups excluding carboxylic acids is 3. The molecule has 1 aromatic heterocycles. The number of nitrogens with zero attached hydrogens (tertiary/aromatic N) is 4. The SMILES string of the molecule is CC(=O)c1ccc(Nc2nc(C)cc(C(=O)N3CCN(C=O)CC3)n2)cc1. The fraction of sp³-hybridized carbons (Fsp3) is 0.316. The van der Waals surface area contributed by atoms with E-state index < -0.39 is 0 Å². The van der Waals surface area contributed by atoms with Gasteiger partial charge in [-0.05, 0) is 44.2 Å². The van der Waals surface area contributed by atoms with Crippen LogP contribution in [0, 0.1) is 6.92 Å². The Morgan fingerprint density at radius 3 is 2.33 bits per heavy atom. The minimum atomic E-state index is -0.180. The predicted octanol–water partition coefficient (Wildman–Crippen LogP) is 1.65. The molecular formula is C19H21N5O3. The van der Waals surface area contributed by atoms with Gasteiger partial charge in [-0.2, -0.15) is 0 Å². The van der Waals surface area contributed by atoms with Gasteiger partial charge in [0.05, 0.1) is 0 Å². The van der Waals surface area contributed by atoms with E-state index in [0.29, 0.717) is 49.1 Å². The van der Waals surface area contributed by atoms with Crippen LogP contribution >= 0.6 is 0 Å². The number of rotatable bonds is 5. The molecule has 2 heterocycles. The lowest BCUT2D eigenvalue weighted by Crippen LogP contribution is -2.48. The van der Waals surface area contributed by atoms with Crippen molar-refractivity contribution >= 4 is 29.7 Å². The van der Waals surface area contributed by atoms with Gasteiger partial charge in [0.1, 0.15) is 5.69 Å². The predicted molar refractivity (Wildman–Crippen MR) is 100 cm³/mol. The lowest BCUT2D eigenvalue weighted by atomic mass is 10.1. The van der Waals surface area contributed by atoms with Crippen LogP contribution in [0.25, 0.3) is 0 Å². The second kappa shape index (κ2) is 7.94. The average Bonchev–Trinajstić information content (AvgIpc) is 2.67. The first-order valence-electron chi connectivity index (χ1n) is 8.68. The number of hydrogen-bond acceptors (Lipinski definition) is 6. The number of nitrogens with one attached hydrogen (secondary N) is 1. The van der Waals surface area contributed by atoms with Crippen LogP contribution in [0.15, 0.2) is 30.3 Å². The van der Waals surface area contributed by atoms with E-state index in [1.54, 1.807) is 47.1 Å². The molecule has 1 fully saturated rings. The summed E-state index contributed by atoms with van der Waals surface area (Å²) in [6.45, 7) is 5.32. The van der Waals surface area contributed by atoms with Gasteiger partial charge in [-0.15, -0.1) is 0 Å². The van der Waals surface area contributed by atoms with Gasteiger partial charge in [-0.3, -0.25) is 14.4 Å². The van der Waals surface area contributed by atoms with Gasteiger partial charge in [0, 0.05) is 43.1 Å². The molecule has 3 rings (SSSR count). The van der Waals surface area contributed by atoms with Crippen LogP contribution < -0.4 is 5.32 Å². The zero-order valence-electron chi connectivity index (χ0n) is 15.3. The number of piperazine rings is 1. The maximum atomic E-state index is 12.7. The lowest BCUT2D eigenvalue weighted by Gasteiger charge is -2.32. The summed E-state index contributed by atoms with van der Waals surface area (Å²) in [5, 5.41) is 3.07. The molecular weight excluding hydrogens is 346 g/mol. The number of ketones is 1. The summed E-state index contributed by atoms with van der Waals surface area (Å²) in [4.78, 5) is 46.9. The number of amides is 2. The normalized spacial score (nSPS) is 14.0. The van der Waals surface area contributed by atoms with E-state index in [-0.39, 0.29) is 11.7 Å². The van der Waals surface area contributed by atoms with Gasteiger partial charge in [0.25, 0.3) is 5.91 Å². The highest BCUT2D eigenvalue weighted by Crippen LogP contribution is 2.16. The Morgan fingerprint density at radius 2 is 1.74 bits per heavy atom. The lowest BCUT2D eigenvalue weighted by molar-refractivity contribution is -0.119. The van der Waals surface area contributed by atoms with Crippen molar-refractivity contribution in [1.29, 1.82) is 0 Å². The van der Waals surface area contributed by atoms with E-state index in [2.05, 4.69) is 15.3 Å². The first-order chi connectivity index (χ1) is 13.0. The van der Waals surface area contributed by atoms with Crippen molar-refractivity contribution in [2.75, 3.05) is 31.5 Å². The highest BCUT2D eigenvalue weighted by Gasteiger charge is 2.23. The molecule has 2 amide bonds. The molecule has 1 saturated heterocycles. The number of benzene rings is 1. The fourth-order valence-corrected chi connectivity index (χ4v) is 2.84. The van der Waals surface area contributed by atoms with Gasteiger partial charge in [0.2, 0.25) is 12.4 Å². The van der Waals surface area contributed by atoms with E-state index in [9.17, 15) is 14.4 Å². The summed E-state index contributed by atoms with van der Waals surface area (Å²) >= 11 is 0. The average molecular weight is 367 g/mol. The molecule has 1 aromatic carbocycles. The van der Waals surface area contributed by atoms with E-state index >= 15 is 0 Å². The number of Topliss-reactive ketones (excluding diaryl/α,β-unsaturated/α-hetero) is 1. The standard InChI is InChI=1S/C19H21N5O3/c1-13-11-17(18(27)24-9-7-23(12-25)8-10-24)22-19(20-13)21-16-5-3-15(4-6-16)14(2)26/h3-6,11-12H,7-10H2,1-2H3,(H,20,21,22). The zero-order chi connectivity index (χ0) is 19.4. The Hall–Kier alpha value is -3.29. The number of anilines is 2. The van der Waals surface area contributed by atoms with E-state index in [1.807, 2.05) is 0 Å². The second-order valence-corrected chi connectivity index (χ2v) is 6.41. The van der Waals surface area contributed by atoms with E-state index in [4.69, 9.17) is 0 Å². The number of aromatic nitrogens is 2. The van der Waals surface area contributed by atoms with Gasteiger partial charge in [-0.1, -0.05) is 0 Å². The largest absolute Gasteiger partial charge is 0.342 e. The summed E-state index contributed by atoms with van der Waals surface area (Å²) in [6.07, 6.45) is 0.802. The topological polar surface area (TPSA) is 95.5 Å². The van der Waals surface area contributed by atoms with Crippen LogP contribution in [0.4, 0.5) is 11.6 Å². The highest BCUT2D eigenvalue weighted by atomic mass is 16.2. The first-order valence-corrected chi connectivity index (χ1v) is 8.68. The minimum Gasteiger partial charge on any atom is -0.342 e. The third kappa shape index (κ3) is 4.46. The van der Waals surface area contributed by atoms with Crippen LogP contribution in [-0.4, -0.2) is 64.0 Å². The third-order valence-electron chi connectivity index (χ3n) is 4.37. The molecule has 8 heteroatoms. The van der Waals surface area contributed by atoms with Crippen LogP contribution in [0.3, 0.4) is 0 Å². The Bertz CT molecular complexity index is 858. The summed E-state index contributed by atoms with van der Waals surface area (Å²) in [5.41, 5.74) is 2.33. The molecule has 1 aliphatic rings. The number of hydrogen-bond donors (Lipinski definition) is 1. The fourth-order valence-electron chi connectivity index (χ4n) is 2.84. The molecule has 1 aliphatic heterocycles. The molecule has 1 N–H and O–H groups in total. The maximum absolute atomic E-state index is 12.7. The van der Waals surface area contributed by atoms with Crippen molar-refractivity contribution in [3.8, 4) is 0 Å². The summed E-state index contributed by atoms with van der Waals surface area (Å²) in [6, 6.07) is 8.63. The Balaban J connectivity index is 1.75. The van der Waals surface area contributed by atoms with E-state index in [0.717, 1.165) is 12.1 Å². The molecule has 2 aromatic rings. The zero-order valence-corrected chi connectivity index (χ0v) is 15.3. The van der Waals surface area contributed by atoms with E-state index in [1.165, 1.54) is 6.92 Å². The Labute approximate surface area is 157 Å². The van der Waals surface area contributed by atoms with Gasteiger partial charge >= 0.3 is 0 Å². The van der Waals surface area contributed by atoms with Gasteiger partial charge in [0.15, 0.2) is 5.78 Å². The summed E-state index contributed by atoms with van der Waals surface area (Å²) in [7, 11) is 0. The van der Waals surface area contributed by atoms with Crippen LogP contribution in [0.1, 0.15) is 33.5 Å². The monoisotopic (exact) mass is 367 g/mol. The van der Waals surface area contributed by atoms with Crippen molar-refractivity contribution in [1.82, 2.24) is 19.8 Å². The van der Waals surface area contributed by atoms with Gasteiger partial charge < -0.3 is 15.1 Å². The highest BCUT2D eigenvalue weighted by molar-refractivity contribution is 5.94. The van der Waals surface area contributed by atoms with Gasteiger partial charge in [-0.25, -0.2) is 9.97 Å². The van der Waals surface area contributed by atoms with Crippen molar-refractivity contribution in [3.05, 3.63) is 47.3 Å². The maximum Gasteiger partial charge on any atom is 0.272 e. The Kier molecular flexibility index (Phi) is 5.44. The second-order valence-electron chi connectivity index (χ2n) is 6.41. The summed E-state index contributed by atoms with van der Waals surface area (Å²) in [5.74, 6) is 0.136. The first kappa shape index (κ1) is 18.5. The molecule has 8 nitrogen and oxygen atoms in total. The molecule has 0 saturated carbocycles. The molecule has 0 radical (unpaired) electrons. The van der Waals surface area contributed by atoms with Crippen molar-refractivity contribution in [2.45, 2.75) is 13.8 Å². The third-order valence-corrected chi connectivity index (χ3v) is 4.37. The molecule has 0 unspecified atom stereocenters. The van der Waals surface area contributed by atoms with Crippen molar-refractivity contribution < 1.29 is 14.4 Å². The molecule has 0 atom stereocenters. The molecule has 0 spiro atoms. The number of carbonyl (C=O) groups is 3. The minimum absolute atomic E-state index is 0.00378. The molecule has 0 aliphatic carbocycles. The number of aryl methyl sites for hydroxylation is 1. The molecule has 27 heavy (non-hydrogen) atoms. The Morgan fingerprint density at radius 1 is 1.07 bits per heavy atom. The smallest absolute Gasteiger partial charge is 0.272 e. The quantitative estimate of drug-likeness (QED) is 0.638.